The topological polar surface area (TPSA) is 87.0 Å². The van der Waals surface area contributed by atoms with Crippen LogP contribution >= 0.6 is 0 Å². The minimum absolute atomic E-state index is 0.0966. The summed E-state index contributed by atoms with van der Waals surface area (Å²) in [7, 11) is 1.73. The lowest BCUT2D eigenvalue weighted by Gasteiger charge is -2.09. The molecular weight excluding hydrogens is 170 g/mol. The number of nitrogens with zero attached hydrogens (tertiary/aromatic N) is 2. The Bertz CT molecular complexity index is 435. The highest BCUT2D eigenvalue weighted by Gasteiger charge is 2.23. The van der Waals surface area contributed by atoms with Crippen molar-refractivity contribution in [1.29, 1.82) is 0 Å². The first-order valence-electron chi connectivity index (χ1n) is 3.69. The highest BCUT2D eigenvalue weighted by atomic mass is 16.1. The van der Waals surface area contributed by atoms with Gasteiger partial charge in [-0.25, -0.2) is 0 Å². The molecular formula is C7H9N5O. The van der Waals surface area contributed by atoms with Gasteiger partial charge in [0.15, 0.2) is 11.5 Å². The standard InChI is InChI=1S/C7H9N5O/c1-3-9-5-4(12(3)2)6(13)11-7(8)10-5/h1H2,2H3,(H4,8,9,10,11,13). The molecule has 0 fully saturated rings. The quantitative estimate of drug-likeness (QED) is 0.508. The first kappa shape index (κ1) is 7.66. The van der Waals surface area contributed by atoms with E-state index in [2.05, 4.69) is 21.9 Å². The van der Waals surface area contributed by atoms with Gasteiger partial charge in [0.1, 0.15) is 5.82 Å². The van der Waals surface area contributed by atoms with Crippen LogP contribution in [0.5, 0.6) is 0 Å². The van der Waals surface area contributed by atoms with Gasteiger partial charge >= 0.3 is 0 Å². The second-order valence-corrected chi connectivity index (χ2v) is 2.78. The molecule has 68 valence electrons. The average Bonchev–Trinajstić information content (AvgIpc) is 2.27. The first-order valence-corrected chi connectivity index (χ1v) is 3.69. The average molecular weight is 179 g/mol. The predicted octanol–water partition coefficient (Wildman–Crippen LogP) is -0.315. The molecule has 1 aliphatic rings. The molecule has 0 aliphatic carbocycles. The van der Waals surface area contributed by atoms with Crippen LogP contribution in [-0.4, -0.2) is 17.0 Å². The van der Waals surface area contributed by atoms with Crippen LogP contribution in [0.1, 0.15) is 0 Å². The SMILES string of the molecule is C=C1Nc2nc(N)[nH]c(=O)c2N1C. The van der Waals surface area contributed by atoms with E-state index in [-0.39, 0.29) is 11.5 Å². The van der Waals surface area contributed by atoms with Crippen LogP contribution in [-0.2, 0) is 0 Å². The van der Waals surface area contributed by atoms with E-state index in [1.807, 2.05) is 0 Å². The number of rotatable bonds is 0. The van der Waals surface area contributed by atoms with Gasteiger partial charge in [0.2, 0.25) is 5.95 Å². The fraction of sp³-hybridized carbons (Fsp3) is 0.143. The maximum Gasteiger partial charge on any atom is 0.278 e. The van der Waals surface area contributed by atoms with Gasteiger partial charge in [-0.2, -0.15) is 4.98 Å². The van der Waals surface area contributed by atoms with Crippen molar-refractivity contribution in [1.82, 2.24) is 9.97 Å². The molecule has 0 unspecified atom stereocenters. The number of fused-ring (bicyclic) bond motifs is 1. The fourth-order valence-corrected chi connectivity index (χ4v) is 1.24. The van der Waals surface area contributed by atoms with Crippen molar-refractivity contribution in [3.63, 3.8) is 0 Å². The summed E-state index contributed by atoms with van der Waals surface area (Å²) < 4.78 is 0. The fourth-order valence-electron chi connectivity index (χ4n) is 1.24. The second-order valence-electron chi connectivity index (χ2n) is 2.78. The molecule has 0 radical (unpaired) electrons. The van der Waals surface area contributed by atoms with Gasteiger partial charge < -0.3 is 16.0 Å². The van der Waals surface area contributed by atoms with E-state index >= 15 is 0 Å². The summed E-state index contributed by atoms with van der Waals surface area (Å²) in [6, 6.07) is 0. The molecule has 2 rings (SSSR count). The van der Waals surface area contributed by atoms with E-state index < -0.39 is 0 Å². The molecule has 1 aromatic rings. The van der Waals surface area contributed by atoms with Gasteiger partial charge in [0, 0.05) is 7.05 Å². The Morgan fingerprint density at radius 2 is 2.31 bits per heavy atom. The maximum atomic E-state index is 11.4. The molecule has 0 atom stereocenters. The van der Waals surface area contributed by atoms with Crippen molar-refractivity contribution < 1.29 is 0 Å². The van der Waals surface area contributed by atoms with Crippen molar-refractivity contribution >= 4 is 17.5 Å². The van der Waals surface area contributed by atoms with Gasteiger partial charge in [-0.05, 0) is 0 Å². The van der Waals surface area contributed by atoms with Crippen molar-refractivity contribution in [3.8, 4) is 0 Å². The van der Waals surface area contributed by atoms with E-state index in [4.69, 9.17) is 5.73 Å². The Balaban J connectivity index is 2.71. The minimum atomic E-state index is -0.267. The van der Waals surface area contributed by atoms with E-state index in [0.29, 0.717) is 17.3 Å². The number of anilines is 3. The number of hydrogen-bond donors (Lipinski definition) is 3. The lowest BCUT2D eigenvalue weighted by Crippen LogP contribution is -2.20. The van der Waals surface area contributed by atoms with Gasteiger partial charge in [0.05, 0.1) is 0 Å². The lowest BCUT2D eigenvalue weighted by molar-refractivity contribution is 1.10. The lowest BCUT2D eigenvalue weighted by atomic mass is 10.4. The third kappa shape index (κ3) is 0.952. The Kier molecular flexibility index (Phi) is 1.33. The first-order chi connectivity index (χ1) is 6.09. The number of aromatic nitrogens is 2. The predicted molar refractivity (Wildman–Crippen MR) is 50.4 cm³/mol. The summed E-state index contributed by atoms with van der Waals surface area (Å²) in [5.74, 6) is 1.16. The molecule has 6 heteroatoms. The molecule has 2 heterocycles. The van der Waals surface area contributed by atoms with Crippen molar-refractivity contribution in [2.45, 2.75) is 0 Å². The number of nitrogens with two attached hydrogens (primary N) is 1. The zero-order valence-electron chi connectivity index (χ0n) is 7.09. The Hall–Kier alpha value is -1.98. The summed E-state index contributed by atoms with van der Waals surface area (Å²) >= 11 is 0. The second kappa shape index (κ2) is 2.25. The Morgan fingerprint density at radius 3 is 3.00 bits per heavy atom. The minimum Gasteiger partial charge on any atom is -0.369 e. The number of nitrogens with one attached hydrogen (secondary N) is 2. The van der Waals surface area contributed by atoms with Crippen LogP contribution in [0.15, 0.2) is 17.2 Å². The van der Waals surface area contributed by atoms with E-state index in [9.17, 15) is 4.79 Å². The molecule has 0 aromatic carbocycles. The molecule has 0 bridgehead atoms. The van der Waals surface area contributed by atoms with Crippen molar-refractivity contribution in [3.05, 3.63) is 22.8 Å². The third-order valence-corrected chi connectivity index (χ3v) is 1.92. The molecule has 0 saturated carbocycles. The van der Waals surface area contributed by atoms with Gasteiger partial charge in [-0.1, -0.05) is 6.58 Å². The number of nitrogen functional groups attached to an aromatic ring is 1. The number of hydrogen-bond acceptors (Lipinski definition) is 5. The smallest absolute Gasteiger partial charge is 0.278 e. The summed E-state index contributed by atoms with van der Waals surface area (Å²) in [6.07, 6.45) is 0. The number of aromatic amines is 1. The largest absolute Gasteiger partial charge is 0.369 e. The third-order valence-electron chi connectivity index (χ3n) is 1.92. The van der Waals surface area contributed by atoms with Crippen LogP contribution in [0.3, 0.4) is 0 Å². The highest BCUT2D eigenvalue weighted by Crippen LogP contribution is 2.28. The maximum absolute atomic E-state index is 11.4. The van der Waals surface area contributed by atoms with Crippen LogP contribution in [0, 0.1) is 0 Å². The highest BCUT2D eigenvalue weighted by molar-refractivity contribution is 5.76. The summed E-state index contributed by atoms with van der Waals surface area (Å²) in [6.45, 7) is 3.70. The summed E-state index contributed by atoms with van der Waals surface area (Å²) in [5.41, 5.74) is 5.54. The molecule has 1 aromatic heterocycles. The van der Waals surface area contributed by atoms with Gasteiger partial charge in [-0.15, -0.1) is 0 Å². The number of H-pyrrole nitrogens is 1. The van der Waals surface area contributed by atoms with Crippen LogP contribution in [0.4, 0.5) is 17.5 Å². The molecule has 6 nitrogen and oxygen atoms in total. The summed E-state index contributed by atoms with van der Waals surface area (Å²) in [5, 5.41) is 2.85. The molecule has 4 N–H and O–H groups in total. The summed E-state index contributed by atoms with van der Waals surface area (Å²) in [4.78, 5) is 19.3. The van der Waals surface area contributed by atoms with E-state index in [1.54, 1.807) is 11.9 Å². The molecule has 0 amide bonds. The van der Waals surface area contributed by atoms with Crippen LogP contribution < -0.4 is 21.5 Å². The molecule has 0 saturated heterocycles. The molecule has 0 spiro atoms. The molecule has 13 heavy (non-hydrogen) atoms. The monoisotopic (exact) mass is 179 g/mol. The Labute approximate surface area is 74.1 Å². The van der Waals surface area contributed by atoms with Gasteiger partial charge in [-0.3, -0.25) is 9.78 Å². The van der Waals surface area contributed by atoms with Crippen molar-refractivity contribution in [2.24, 2.45) is 0 Å². The van der Waals surface area contributed by atoms with E-state index in [1.165, 1.54) is 0 Å². The van der Waals surface area contributed by atoms with E-state index in [0.717, 1.165) is 0 Å². The van der Waals surface area contributed by atoms with Crippen molar-refractivity contribution in [2.75, 3.05) is 23.0 Å². The van der Waals surface area contributed by atoms with Crippen LogP contribution in [0.25, 0.3) is 0 Å². The Morgan fingerprint density at radius 1 is 1.62 bits per heavy atom. The van der Waals surface area contributed by atoms with Gasteiger partial charge in [0.25, 0.3) is 5.56 Å². The molecule has 1 aliphatic heterocycles. The normalized spacial score (nSPS) is 14.2. The zero-order valence-corrected chi connectivity index (χ0v) is 7.09. The van der Waals surface area contributed by atoms with Crippen LogP contribution in [0.2, 0.25) is 0 Å². The zero-order chi connectivity index (χ0) is 9.59.